The highest BCUT2D eigenvalue weighted by atomic mass is 16.5. The zero-order valence-electron chi connectivity index (χ0n) is 15.6. The van der Waals surface area contributed by atoms with Gasteiger partial charge in [-0.25, -0.2) is 9.97 Å². The van der Waals surface area contributed by atoms with E-state index in [1.165, 1.54) is 0 Å². The SMILES string of the molecule is O=CC1(c2nc3ccccc3[nH]2)CC(Oc2ncccc2C2CCOCC2)C1. The number of carbonyl (C=O) groups excluding carboxylic acids is 1. The van der Waals surface area contributed by atoms with Gasteiger partial charge in [0.25, 0.3) is 0 Å². The molecule has 1 saturated heterocycles. The van der Waals surface area contributed by atoms with Crippen LogP contribution in [-0.2, 0) is 14.9 Å². The average molecular weight is 377 g/mol. The Morgan fingerprint density at radius 3 is 2.75 bits per heavy atom. The number of rotatable bonds is 5. The number of para-hydroxylation sites is 2. The Bertz CT molecular complexity index is 954. The Labute approximate surface area is 163 Å². The molecule has 5 rings (SSSR count). The van der Waals surface area contributed by atoms with Gasteiger partial charge in [-0.1, -0.05) is 18.2 Å². The van der Waals surface area contributed by atoms with Crippen LogP contribution in [0.4, 0.5) is 0 Å². The molecule has 2 aliphatic rings. The van der Waals surface area contributed by atoms with E-state index >= 15 is 0 Å². The van der Waals surface area contributed by atoms with Gasteiger partial charge in [-0.15, -0.1) is 0 Å². The fourth-order valence-corrected chi connectivity index (χ4v) is 4.35. The molecule has 1 N–H and O–H groups in total. The van der Waals surface area contributed by atoms with E-state index in [0.717, 1.165) is 54.8 Å². The van der Waals surface area contributed by atoms with Crippen molar-refractivity contribution < 1.29 is 14.3 Å². The minimum atomic E-state index is -0.600. The molecule has 28 heavy (non-hydrogen) atoms. The fourth-order valence-electron chi connectivity index (χ4n) is 4.35. The Hall–Kier alpha value is -2.73. The molecule has 3 heterocycles. The monoisotopic (exact) mass is 377 g/mol. The molecule has 0 unspecified atom stereocenters. The maximum absolute atomic E-state index is 12.0. The van der Waals surface area contributed by atoms with Crippen molar-refractivity contribution in [3.63, 3.8) is 0 Å². The van der Waals surface area contributed by atoms with Crippen molar-refractivity contribution in [3.8, 4) is 5.88 Å². The zero-order chi connectivity index (χ0) is 19.0. The van der Waals surface area contributed by atoms with Crippen molar-refractivity contribution in [2.24, 2.45) is 0 Å². The molecule has 1 aliphatic carbocycles. The van der Waals surface area contributed by atoms with E-state index in [1.54, 1.807) is 6.20 Å². The molecule has 0 atom stereocenters. The highest BCUT2D eigenvalue weighted by molar-refractivity contribution is 5.78. The molecule has 0 amide bonds. The van der Waals surface area contributed by atoms with Crippen LogP contribution in [0.5, 0.6) is 5.88 Å². The number of aldehydes is 1. The Kier molecular flexibility index (Phi) is 4.36. The van der Waals surface area contributed by atoms with Gasteiger partial charge in [0.2, 0.25) is 5.88 Å². The third-order valence-electron chi connectivity index (χ3n) is 6.01. The van der Waals surface area contributed by atoms with Crippen molar-refractivity contribution in [2.45, 2.75) is 43.1 Å². The highest BCUT2D eigenvalue weighted by Crippen LogP contribution is 2.44. The number of imidazole rings is 1. The Balaban J connectivity index is 1.33. The summed E-state index contributed by atoms with van der Waals surface area (Å²) in [5, 5.41) is 0. The maximum Gasteiger partial charge on any atom is 0.217 e. The van der Waals surface area contributed by atoms with E-state index in [0.29, 0.717) is 24.6 Å². The molecule has 1 aliphatic heterocycles. The van der Waals surface area contributed by atoms with E-state index in [4.69, 9.17) is 9.47 Å². The molecule has 0 spiro atoms. The summed E-state index contributed by atoms with van der Waals surface area (Å²) in [6, 6.07) is 11.9. The van der Waals surface area contributed by atoms with Gasteiger partial charge in [0.1, 0.15) is 18.2 Å². The highest BCUT2D eigenvalue weighted by Gasteiger charge is 2.49. The van der Waals surface area contributed by atoms with Gasteiger partial charge in [0, 0.05) is 37.8 Å². The number of aromatic nitrogens is 3. The minimum absolute atomic E-state index is 0.0353. The van der Waals surface area contributed by atoms with Crippen LogP contribution in [0.25, 0.3) is 11.0 Å². The van der Waals surface area contributed by atoms with Gasteiger partial charge >= 0.3 is 0 Å². The van der Waals surface area contributed by atoms with E-state index in [-0.39, 0.29) is 6.10 Å². The second kappa shape index (κ2) is 7.02. The zero-order valence-corrected chi connectivity index (χ0v) is 15.6. The topological polar surface area (TPSA) is 77.1 Å². The summed E-state index contributed by atoms with van der Waals surface area (Å²) in [6.45, 7) is 1.56. The maximum atomic E-state index is 12.0. The molecule has 2 fully saturated rings. The number of hydrogen-bond donors (Lipinski definition) is 1. The Morgan fingerprint density at radius 2 is 1.96 bits per heavy atom. The van der Waals surface area contributed by atoms with Gasteiger partial charge in [-0.3, -0.25) is 0 Å². The van der Waals surface area contributed by atoms with Crippen LogP contribution in [0, 0.1) is 0 Å². The normalized spacial score (nSPS) is 25.4. The van der Waals surface area contributed by atoms with Gasteiger partial charge in [-0.2, -0.15) is 0 Å². The second-order valence-corrected chi connectivity index (χ2v) is 7.81. The lowest BCUT2D eigenvalue weighted by Crippen LogP contribution is -2.49. The number of pyridine rings is 1. The molecule has 1 saturated carbocycles. The van der Waals surface area contributed by atoms with Crippen LogP contribution in [0.2, 0.25) is 0 Å². The molecule has 6 nitrogen and oxygen atoms in total. The predicted octanol–water partition coefficient (Wildman–Crippen LogP) is 3.53. The standard InChI is InChI=1S/C22H23N3O3/c26-14-22(21-24-18-5-1-2-6-19(18)25-21)12-16(13-22)28-20-17(4-3-9-23-20)15-7-10-27-11-8-15/h1-6,9,14-16H,7-8,10-13H2,(H,24,25). The molecular formula is C22H23N3O3. The molecule has 6 heteroatoms. The van der Waals surface area contributed by atoms with Gasteiger partial charge in [0.15, 0.2) is 0 Å². The van der Waals surface area contributed by atoms with Crippen molar-refractivity contribution in [2.75, 3.05) is 13.2 Å². The predicted molar refractivity (Wildman–Crippen MR) is 105 cm³/mol. The third kappa shape index (κ3) is 2.98. The van der Waals surface area contributed by atoms with Gasteiger partial charge < -0.3 is 19.3 Å². The summed E-state index contributed by atoms with van der Waals surface area (Å²) in [5.41, 5.74) is 2.39. The van der Waals surface area contributed by atoms with Crippen LogP contribution in [-0.4, -0.2) is 40.6 Å². The second-order valence-electron chi connectivity index (χ2n) is 7.81. The largest absolute Gasteiger partial charge is 0.474 e. The molecule has 0 radical (unpaired) electrons. The number of aromatic amines is 1. The average Bonchev–Trinajstić information content (AvgIpc) is 3.16. The number of benzene rings is 1. The summed E-state index contributed by atoms with van der Waals surface area (Å²) in [4.78, 5) is 24.4. The van der Waals surface area contributed by atoms with Crippen LogP contribution < -0.4 is 4.74 Å². The van der Waals surface area contributed by atoms with E-state index in [2.05, 4.69) is 21.0 Å². The number of nitrogens with one attached hydrogen (secondary N) is 1. The molecule has 1 aromatic carbocycles. The lowest BCUT2D eigenvalue weighted by molar-refractivity contribution is -0.119. The van der Waals surface area contributed by atoms with Crippen molar-refractivity contribution in [1.82, 2.24) is 15.0 Å². The number of ether oxygens (including phenoxy) is 2. The smallest absolute Gasteiger partial charge is 0.217 e. The van der Waals surface area contributed by atoms with E-state index in [1.807, 2.05) is 30.3 Å². The van der Waals surface area contributed by atoms with Crippen molar-refractivity contribution >= 4 is 17.3 Å². The summed E-state index contributed by atoms with van der Waals surface area (Å²) >= 11 is 0. The Morgan fingerprint density at radius 1 is 1.14 bits per heavy atom. The summed E-state index contributed by atoms with van der Waals surface area (Å²) in [6.07, 6.45) is 5.95. The fraction of sp³-hybridized carbons (Fsp3) is 0.409. The molecular weight excluding hydrogens is 354 g/mol. The van der Waals surface area contributed by atoms with Crippen molar-refractivity contribution in [1.29, 1.82) is 0 Å². The van der Waals surface area contributed by atoms with E-state index < -0.39 is 5.41 Å². The van der Waals surface area contributed by atoms with E-state index in [9.17, 15) is 4.79 Å². The van der Waals surface area contributed by atoms with Crippen LogP contribution in [0.3, 0.4) is 0 Å². The summed E-state index contributed by atoms with van der Waals surface area (Å²) in [7, 11) is 0. The summed E-state index contributed by atoms with van der Waals surface area (Å²) in [5.74, 6) is 1.85. The van der Waals surface area contributed by atoms with Crippen molar-refractivity contribution in [3.05, 3.63) is 54.0 Å². The number of fused-ring (bicyclic) bond motifs is 1. The molecule has 2 aromatic heterocycles. The third-order valence-corrected chi connectivity index (χ3v) is 6.01. The molecule has 144 valence electrons. The number of carbonyl (C=O) groups is 1. The number of nitrogens with zero attached hydrogens (tertiary/aromatic N) is 2. The first-order valence-corrected chi connectivity index (χ1v) is 9.88. The first-order chi connectivity index (χ1) is 13.8. The van der Waals surface area contributed by atoms with Gasteiger partial charge in [0.05, 0.1) is 16.4 Å². The van der Waals surface area contributed by atoms with Crippen LogP contribution >= 0.6 is 0 Å². The lowest BCUT2D eigenvalue weighted by atomic mass is 9.67. The van der Waals surface area contributed by atoms with Gasteiger partial charge in [-0.05, 0) is 37.0 Å². The first kappa shape index (κ1) is 17.4. The van der Waals surface area contributed by atoms with Crippen LogP contribution in [0.1, 0.15) is 43.0 Å². The first-order valence-electron chi connectivity index (χ1n) is 9.88. The number of hydrogen-bond acceptors (Lipinski definition) is 5. The lowest BCUT2D eigenvalue weighted by Gasteiger charge is -2.42. The quantitative estimate of drug-likeness (QED) is 0.688. The molecule has 3 aromatic rings. The number of H-pyrrole nitrogens is 1. The summed E-state index contributed by atoms with van der Waals surface area (Å²) < 4.78 is 11.7. The van der Waals surface area contributed by atoms with Crippen LogP contribution in [0.15, 0.2) is 42.6 Å². The minimum Gasteiger partial charge on any atom is -0.474 e. The molecule has 0 bridgehead atoms.